The molecule has 0 aromatic heterocycles. The zero-order valence-corrected chi connectivity index (χ0v) is 39.6. The lowest BCUT2D eigenvalue weighted by Crippen LogP contribution is -2.11. The molecule has 0 N–H and O–H groups in total. The lowest BCUT2D eigenvalue weighted by Gasteiger charge is -2.28. The highest BCUT2D eigenvalue weighted by atomic mass is 15.1. The first-order valence-corrected chi connectivity index (χ1v) is 24.8. The van der Waals surface area contributed by atoms with Crippen LogP contribution in [0.1, 0.15) is 0 Å². The van der Waals surface area contributed by atoms with Crippen LogP contribution in [0.3, 0.4) is 0 Å². The van der Waals surface area contributed by atoms with Gasteiger partial charge in [0.2, 0.25) is 0 Å². The molecule has 0 fully saturated rings. The topological polar surface area (TPSA) is 6.48 Å². The van der Waals surface area contributed by atoms with Crippen LogP contribution in [0.2, 0.25) is 0 Å². The SMILES string of the molecule is c1ccc(-c2ccccc2N(c2ccccc2)c2ccc(-c3c4ccccc4c(-c4ccc(N(c5ccccc5)c5ccccc5-c5ccccc5)cc4)c4c5ccccc5c5ccccc5c34)cc2)cc1. The van der Waals surface area contributed by atoms with Crippen molar-refractivity contribution < 1.29 is 0 Å². The first kappa shape index (κ1) is 42.6. The first-order valence-electron chi connectivity index (χ1n) is 24.8. The molecule has 2 heteroatoms. The number of benzene rings is 13. The van der Waals surface area contributed by atoms with Crippen LogP contribution in [0.4, 0.5) is 34.1 Å². The molecule has 2 nitrogen and oxygen atoms in total. The molecule has 0 aliphatic carbocycles. The number of nitrogens with zero attached hydrogens (tertiary/aromatic N) is 2. The minimum Gasteiger partial charge on any atom is -0.310 e. The second-order valence-electron chi connectivity index (χ2n) is 18.3. The molecular formula is C70H48N2. The smallest absolute Gasteiger partial charge is 0.0540 e. The number of fused-ring (bicyclic) bond motifs is 7. The highest BCUT2D eigenvalue weighted by Gasteiger charge is 2.24. The summed E-state index contributed by atoms with van der Waals surface area (Å²) in [7, 11) is 0. The third kappa shape index (κ3) is 7.46. The Balaban J connectivity index is 1.02. The number of hydrogen-bond donors (Lipinski definition) is 0. The van der Waals surface area contributed by atoms with Crippen molar-refractivity contribution in [3.8, 4) is 44.5 Å². The summed E-state index contributed by atoms with van der Waals surface area (Å²) >= 11 is 0. The molecule has 0 amide bonds. The number of rotatable bonds is 10. The van der Waals surface area contributed by atoms with Gasteiger partial charge in [-0.15, -0.1) is 0 Å². The van der Waals surface area contributed by atoms with E-state index < -0.39 is 0 Å². The van der Waals surface area contributed by atoms with Crippen LogP contribution in [-0.4, -0.2) is 0 Å². The van der Waals surface area contributed by atoms with E-state index in [1.54, 1.807) is 0 Å². The number of para-hydroxylation sites is 4. The highest BCUT2D eigenvalue weighted by Crippen LogP contribution is 2.51. The average Bonchev–Trinajstić information content (AvgIpc) is 3.46. The molecule has 338 valence electrons. The maximum atomic E-state index is 2.39. The van der Waals surface area contributed by atoms with Gasteiger partial charge in [-0.1, -0.05) is 231 Å². The Morgan fingerprint density at radius 1 is 0.181 bits per heavy atom. The molecule has 0 aliphatic rings. The zero-order valence-electron chi connectivity index (χ0n) is 39.6. The van der Waals surface area contributed by atoms with Crippen molar-refractivity contribution in [1.82, 2.24) is 0 Å². The van der Waals surface area contributed by atoms with Crippen molar-refractivity contribution in [2.24, 2.45) is 0 Å². The minimum absolute atomic E-state index is 1.09. The summed E-state index contributed by atoms with van der Waals surface area (Å²) in [5.41, 5.74) is 16.1. The lowest BCUT2D eigenvalue weighted by molar-refractivity contribution is 1.28. The maximum Gasteiger partial charge on any atom is 0.0540 e. The molecule has 0 aliphatic heterocycles. The van der Waals surface area contributed by atoms with Gasteiger partial charge in [-0.3, -0.25) is 0 Å². The predicted octanol–water partition coefficient (Wildman–Crippen LogP) is 19.9. The second kappa shape index (κ2) is 18.4. The van der Waals surface area contributed by atoms with Crippen molar-refractivity contribution in [2.45, 2.75) is 0 Å². The maximum absolute atomic E-state index is 2.39. The molecule has 0 saturated carbocycles. The summed E-state index contributed by atoms with van der Waals surface area (Å²) in [5, 5.41) is 9.92. The Kier molecular flexibility index (Phi) is 10.9. The van der Waals surface area contributed by atoms with Gasteiger partial charge in [0.1, 0.15) is 0 Å². The molecule has 13 aromatic carbocycles. The van der Waals surface area contributed by atoms with Gasteiger partial charge < -0.3 is 9.80 Å². The Morgan fingerprint density at radius 3 is 0.833 bits per heavy atom. The fraction of sp³-hybridized carbons (Fsp3) is 0. The Labute approximate surface area is 420 Å². The molecule has 0 heterocycles. The van der Waals surface area contributed by atoms with Crippen LogP contribution in [0, 0.1) is 0 Å². The Morgan fingerprint density at radius 2 is 0.458 bits per heavy atom. The number of anilines is 6. The van der Waals surface area contributed by atoms with E-state index in [1.807, 2.05) is 0 Å². The molecule has 0 saturated heterocycles. The van der Waals surface area contributed by atoms with Crippen LogP contribution in [-0.2, 0) is 0 Å². The largest absolute Gasteiger partial charge is 0.310 e. The van der Waals surface area contributed by atoms with Gasteiger partial charge in [0.05, 0.1) is 11.4 Å². The van der Waals surface area contributed by atoms with Gasteiger partial charge in [-0.05, 0) is 137 Å². The Hall–Kier alpha value is -9.50. The molecule has 0 unspecified atom stereocenters. The van der Waals surface area contributed by atoms with Crippen molar-refractivity contribution in [3.63, 3.8) is 0 Å². The normalized spacial score (nSPS) is 11.3. The first-order chi connectivity index (χ1) is 35.8. The third-order valence-electron chi connectivity index (χ3n) is 14.2. The number of hydrogen-bond acceptors (Lipinski definition) is 2. The van der Waals surface area contributed by atoms with E-state index in [4.69, 9.17) is 0 Å². The third-order valence-corrected chi connectivity index (χ3v) is 14.2. The van der Waals surface area contributed by atoms with Crippen LogP contribution in [0.25, 0.3) is 87.6 Å². The summed E-state index contributed by atoms with van der Waals surface area (Å²) in [6.45, 7) is 0. The fourth-order valence-electron chi connectivity index (χ4n) is 11.1. The highest BCUT2D eigenvalue weighted by molar-refractivity contribution is 6.36. The minimum atomic E-state index is 1.09. The van der Waals surface area contributed by atoms with E-state index in [0.717, 1.165) is 34.1 Å². The van der Waals surface area contributed by atoms with E-state index >= 15 is 0 Å². The summed E-state index contributed by atoms with van der Waals surface area (Å²) in [5.74, 6) is 0. The van der Waals surface area contributed by atoms with Gasteiger partial charge in [0.25, 0.3) is 0 Å². The van der Waals surface area contributed by atoms with E-state index in [9.17, 15) is 0 Å². The predicted molar refractivity (Wildman–Crippen MR) is 308 cm³/mol. The van der Waals surface area contributed by atoms with Crippen molar-refractivity contribution >= 4 is 77.2 Å². The van der Waals surface area contributed by atoms with Crippen molar-refractivity contribution in [3.05, 3.63) is 291 Å². The molecule has 0 atom stereocenters. The van der Waals surface area contributed by atoms with Gasteiger partial charge in [-0.2, -0.15) is 0 Å². The van der Waals surface area contributed by atoms with Gasteiger partial charge in [0, 0.05) is 33.9 Å². The second-order valence-corrected chi connectivity index (χ2v) is 18.3. The van der Waals surface area contributed by atoms with Gasteiger partial charge in [-0.25, -0.2) is 0 Å². The summed E-state index contributed by atoms with van der Waals surface area (Å²) in [6.07, 6.45) is 0. The van der Waals surface area contributed by atoms with Crippen LogP contribution in [0.5, 0.6) is 0 Å². The fourth-order valence-corrected chi connectivity index (χ4v) is 11.1. The lowest BCUT2D eigenvalue weighted by atomic mass is 9.81. The van der Waals surface area contributed by atoms with E-state index in [0.29, 0.717) is 0 Å². The van der Waals surface area contributed by atoms with Crippen LogP contribution in [0.15, 0.2) is 291 Å². The standard InChI is InChI=1S/C70H48N2/c1-5-23-49(24-6-1)57-31-19-21-39-65(57)71(53-27-9-3-10-28-53)55-45-41-51(42-46-55)67-63-37-17-18-38-64(63)68(70-62-36-16-14-34-60(62)59-33-13-15-35-61(59)69(67)70)52-43-47-56(48-44-52)72(54-29-11-4-12-30-54)66-40-22-20-32-58(66)50-25-7-2-8-26-50/h1-48H. The van der Waals surface area contributed by atoms with E-state index in [-0.39, 0.29) is 0 Å². The Bertz CT molecular complexity index is 3790. The molecule has 13 rings (SSSR count). The van der Waals surface area contributed by atoms with E-state index in [2.05, 4.69) is 301 Å². The quantitative estimate of drug-likeness (QED) is 0.0996. The van der Waals surface area contributed by atoms with Gasteiger partial charge in [0.15, 0.2) is 0 Å². The van der Waals surface area contributed by atoms with Crippen molar-refractivity contribution in [1.29, 1.82) is 0 Å². The van der Waals surface area contributed by atoms with Gasteiger partial charge >= 0.3 is 0 Å². The monoisotopic (exact) mass is 916 g/mol. The van der Waals surface area contributed by atoms with E-state index in [1.165, 1.54) is 87.6 Å². The molecular weight excluding hydrogens is 869 g/mol. The summed E-state index contributed by atoms with van der Waals surface area (Å²) in [6, 6.07) is 106. The molecule has 0 bridgehead atoms. The molecule has 13 aromatic rings. The molecule has 0 radical (unpaired) electrons. The summed E-state index contributed by atoms with van der Waals surface area (Å²) in [4.78, 5) is 4.77. The molecule has 72 heavy (non-hydrogen) atoms. The molecule has 0 spiro atoms. The van der Waals surface area contributed by atoms with Crippen LogP contribution < -0.4 is 9.80 Å². The summed E-state index contributed by atoms with van der Waals surface area (Å²) < 4.78 is 0. The van der Waals surface area contributed by atoms with Crippen molar-refractivity contribution in [2.75, 3.05) is 9.80 Å². The average molecular weight is 917 g/mol. The zero-order chi connectivity index (χ0) is 47.8. The van der Waals surface area contributed by atoms with Crippen LogP contribution >= 0.6 is 0 Å².